The Balaban J connectivity index is 3.50. The van der Waals surface area contributed by atoms with Crippen LogP contribution in [0.4, 0.5) is 0 Å². The molecule has 0 amide bonds. The fourth-order valence-electron chi connectivity index (χ4n) is 4.89. The molecule has 0 bridgehead atoms. The average molecular weight is 447 g/mol. The molecule has 5 atom stereocenters. The summed E-state index contributed by atoms with van der Waals surface area (Å²) >= 11 is 6.14. The number of hydrogen-bond donors (Lipinski definition) is 0. The molecule has 0 saturated heterocycles. The summed E-state index contributed by atoms with van der Waals surface area (Å²) in [4.78, 5) is 0. The first kappa shape index (κ1) is 30.2. The van der Waals surface area contributed by atoms with Gasteiger partial charge in [0.1, 0.15) is 6.79 Å². The maximum atomic E-state index is 6.14. The molecular weight excluding hydrogens is 392 g/mol. The second-order valence-electron chi connectivity index (χ2n) is 10.3. The van der Waals surface area contributed by atoms with Crippen LogP contribution in [0.1, 0.15) is 125 Å². The maximum absolute atomic E-state index is 6.14. The molecule has 0 aromatic rings. The van der Waals surface area contributed by atoms with E-state index in [4.69, 9.17) is 21.1 Å². The largest absolute Gasteiger partial charge is 0.355 e. The number of unbranched alkanes of at least 4 members (excludes halogenated alkanes) is 6. The molecule has 0 aromatic heterocycles. The van der Waals surface area contributed by atoms with Gasteiger partial charge in [0.15, 0.2) is 0 Å². The van der Waals surface area contributed by atoms with Crippen molar-refractivity contribution in [2.24, 2.45) is 23.7 Å². The van der Waals surface area contributed by atoms with E-state index in [1.807, 2.05) is 0 Å². The molecule has 182 valence electrons. The van der Waals surface area contributed by atoms with Gasteiger partial charge in [0.05, 0.1) is 0 Å². The van der Waals surface area contributed by atoms with Gasteiger partial charge in [0.25, 0.3) is 0 Å². The molecule has 0 aliphatic carbocycles. The summed E-state index contributed by atoms with van der Waals surface area (Å²) in [5, 5.41) is 0.303. The van der Waals surface area contributed by atoms with E-state index in [9.17, 15) is 0 Å². The zero-order valence-electron chi connectivity index (χ0n) is 21.4. The number of hydrogen-bond acceptors (Lipinski definition) is 2. The van der Waals surface area contributed by atoms with E-state index in [0.29, 0.717) is 12.2 Å². The Labute approximate surface area is 195 Å². The van der Waals surface area contributed by atoms with Crippen LogP contribution in [0.3, 0.4) is 0 Å². The van der Waals surface area contributed by atoms with E-state index in [2.05, 4.69) is 41.5 Å². The first-order valence-corrected chi connectivity index (χ1v) is 13.6. The van der Waals surface area contributed by atoms with Gasteiger partial charge in [-0.15, -0.1) is 11.6 Å². The van der Waals surface area contributed by atoms with E-state index < -0.39 is 0 Å². The number of ether oxygens (including phenoxy) is 2. The van der Waals surface area contributed by atoms with Crippen LogP contribution in [0.25, 0.3) is 0 Å². The predicted molar refractivity (Wildman–Crippen MR) is 134 cm³/mol. The third-order valence-corrected chi connectivity index (χ3v) is 6.36. The van der Waals surface area contributed by atoms with Gasteiger partial charge >= 0.3 is 0 Å². The zero-order valence-corrected chi connectivity index (χ0v) is 22.2. The van der Waals surface area contributed by atoms with Crippen molar-refractivity contribution in [1.29, 1.82) is 0 Å². The molecule has 0 aromatic carbocycles. The van der Waals surface area contributed by atoms with Crippen LogP contribution >= 0.6 is 11.6 Å². The highest BCUT2D eigenvalue weighted by Gasteiger charge is 2.16. The van der Waals surface area contributed by atoms with Crippen molar-refractivity contribution in [2.75, 3.05) is 20.0 Å². The van der Waals surface area contributed by atoms with Crippen LogP contribution < -0.4 is 0 Å². The molecule has 0 rings (SSSR count). The zero-order chi connectivity index (χ0) is 22.6. The van der Waals surface area contributed by atoms with Crippen molar-refractivity contribution in [2.45, 2.75) is 130 Å². The molecule has 0 aliphatic rings. The first-order chi connectivity index (χ1) is 14.3. The smallest absolute Gasteiger partial charge is 0.146 e. The maximum Gasteiger partial charge on any atom is 0.146 e. The van der Waals surface area contributed by atoms with Crippen LogP contribution in [0.5, 0.6) is 0 Å². The second kappa shape index (κ2) is 21.1. The molecule has 0 N–H and O–H groups in total. The van der Waals surface area contributed by atoms with Crippen molar-refractivity contribution >= 4 is 11.6 Å². The van der Waals surface area contributed by atoms with Gasteiger partial charge in [-0.2, -0.15) is 0 Å². The molecule has 0 spiro atoms. The van der Waals surface area contributed by atoms with Crippen LogP contribution in [-0.2, 0) is 9.47 Å². The van der Waals surface area contributed by atoms with E-state index in [-0.39, 0.29) is 0 Å². The van der Waals surface area contributed by atoms with E-state index in [1.54, 1.807) is 0 Å². The van der Waals surface area contributed by atoms with Gasteiger partial charge in [-0.1, -0.05) is 73.1 Å². The summed E-state index contributed by atoms with van der Waals surface area (Å²) in [6.07, 6.45) is 16.8. The fourth-order valence-corrected chi connectivity index (χ4v) is 5.20. The monoisotopic (exact) mass is 446 g/mol. The van der Waals surface area contributed by atoms with Crippen LogP contribution in [0.2, 0.25) is 0 Å². The Bertz CT molecular complexity index is 348. The molecule has 3 heteroatoms. The normalized spacial score (nSPS) is 16.9. The third-order valence-electron chi connectivity index (χ3n) is 6.19. The van der Waals surface area contributed by atoms with Gasteiger partial charge in [0.2, 0.25) is 0 Å². The fraction of sp³-hybridized carbons (Fsp3) is 1.00. The number of rotatable bonds is 22. The van der Waals surface area contributed by atoms with Gasteiger partial charge < -0.3 is 9.47 Å². The molecule has 0 heterocycles. The predicted octanol–water partition coefficient (Wildman–Crippen LogP) is 9.24. The van der Waals surface area contributed by atoms with Crippen LogP contribution in [0, 0.1) is 23.7 Å². The lowest BCUT2D eigenvalue weighted by Gasteiger charge is -2.23. The third kappa shape index (κ3) is 21.4. The summed E-state index contributed by atoms with van der Waals surface area (Å²) in [5.41, 5.74) is 0. The van der Waals surface area contributed by atoms with Crippen LogP contribution in [-0.4, -0.2) is 25.4 Å². The van der Waals surface area contributed by atoms with Crippen molar-refractivity contribution in [3.63, 3.8) is 0 Å². The molecule has 0 aliphatic heterocycles. The molecule has 2 nitrogen and oxygen atoms in total. The number of halogens is 1. The summed E-state index contributed by atoms with van der Waals surface area (Å²) in [5.74, 6) is 3.13. The Morgan fingerprint density at radius 3 is 1.60 bits per heavy atom. The van der Waals surface area contributed by atoms with E-state index >= 15 is 0 Å². The van der Waals surface area contributed by atoms with Gasteiger partial charge in [0, 0.05) is 18.6 Å². The van der Waals surface area contributed by atoms with Crippen molar-refractivity contribution in [3.05, 3.63) is 0 Å². The Kier molecular flexibility index (Phi) is 21.2. The molecule has 30 heavy (non-hydrogen) atoms. The molecular formula is C27H55ClO2. The van der Waals surface area contributed by atoms with Gasteiger partial charge in [-0.05, 0) is 75.5 Å². The van der Waals surface area contributed by atoms with Gasteiger partial charge in [-0.25, -0.2) is 0 Å². The molecule has 0 radical (unpaired) electrons. The minimum atomic E-state index is 0.303. The number of alkyl halides is 1. The van der Waals surface area contributed by atoms with Crippen molar-refractivity contribution in [1.82, 2.24) is 0 Å². The van der Waals surface area contributed by atoms with Crippen molar-refractivity contribution < 1.29 is 9.47 Å². The standard InChI is InChI=1S/C27H55ClO2/c1-7-8-9-10-11-12-13-16-29-22-30-17-14-15-23(2)18-24(3)19-25(4)20-26(5)21-27(6)28/h23-27H,7-22H2,1-6H3. The van der Waals surface area contributed by atoms with Crippen molar-refractivity contribution in [3.8, 4) is 0 Å². The minimum absolute atomic E-state index is 0.303. The lowest BCUT2D eigenvalue weighted by atomic mass is 9.84. The van der Waals surface area contributed by atoms with E-state index in [1.165, 1.54) is 70.6 Å². The second-order valence-corrected chi connectivity index (χ2v) is 11.1. The molecule has 0 saturated carbocycles. The topological polar surface area (TPSA) is 18.5 Å². The molecule has 5 unspecified atom stereocenters. The first-order valence-electron chi connectivity index (χ1n) is 13.1. The highest BCUT2D eigenvalue weighted by atomic mass is 35.5. The molecule has 0 fully saturated rings. The SMILES string of the molecule is CCCCCCCCCOCOCCCC(C)CC(C)CC(C)CC(C)CC(C)Cl. The Morgan fingerprint density at radius 1 is 0.567 bits per heavy atom. The van der Waals surface area contributed by atoms with E-state index in [0.717, 1.165) is 49.7 Å². The average Bonchev–Trinajstić information content (AvgIpc) is 2.64. The minimum Gasteiger partial charge on any atom is -0.355 e. The lowest BCUT2D eigenvalue weighted by molar-refractivity contribution is -0.0561. The highest BCUT2D eigenvalue weighted by Crippen LogP contribution is 2.27. The summed E-state index contributed by atoms with van der Waals surface area (Å²) in [7, 11) is 0. The van der Waals surface area contributed by atoms with Gasteiger partial charge in [-0.3, -0.25) is 0 Å². The quantitative estimate of drug-likeness (QED) is 0.0936. The Morgan fingerprint density at radius 2 is 1.03 bits per heavy atom. The summed E-state index contributed by atoms with van der Waals surface area (Å²) in [6.45, 7) is 16.1. The van der Waals surface area contributed by atoms with Crippen LogP contribution in [0.15, 0.2) is 0 Å². The summed E-state index contributed by atoms with van der Waals surface area (Å²) in [6, 6.07) is 0. The lowest BCUT2D eigenvalue weighted by Crippen LogP contribution is -2.12. The summed E-state index contributed by atoms with van der Waals surface area (Å²) < 4.78 is 11.3. The highest BCUT2D eigenvalue weighted by molar-refractivity contribution is 6.20. The Hall–Kier alpha value is 0.210.